The molecular weight excluding hydrogens is 408 g/mol. The fraction of sp³-hybridized carbons (Fsp3) is 1.00. The Morgan fingerprint density at radius 1 is 0.697 bits per heavy atom. The first-order valence-corrected chi connectivity index (χ1v) is 14.2. The third kappa shape index (κ3) is 3.16. The molecule has 0 amide bonds. The summed E-state index contributed by atoms with van der Waals surface area (Å²) in [7, 11) is 0. The molecule has 1 aliphatic heterocycles. The van der Waals surface area contributed by atoms with Gasteiger partial charge in [-0.1, -0.05) is 34.6 Å². The Labute approximate surface area is 203 Å². The molecule has 0 aromatic carbocycles. The van der Waals surface area contributed by atoms with E-state index in [9.17, 15) is 10.2 Å². The third-order valence-electron chi connectivity index (χ3n) is 13.1. The van der Waals surface area contributed by atoms with Gasteiger partial charge in [0.15, 0.2) is 0 Å². The van der Waals surface area contributed by atoms with Gasteiger partial charge in [-0.05, 0) is 130 Å². The van der Waals surface area contributed by atoms with Gasteiger partial charge >= 0.3 is 0 Å². The van der Waals surface area contributed by atoms with Gasteiger partial charge in [0.05, 0.1) is 23.4 Å². The summed E-state index contributed by atoms with van der Waals surface area (Å²) >= 11 is 0. The largest absolute Gasteiger partial charge is 0.393 e. The van der Waals surface area contributed by atoms with Crippen LogP contribution in [0.2, 0.25) is 0 Å². The molecule has 3 nitrogen and oxygen atoms in total. The Morgan fingerprint density at radius 3 is 2.03 bits per heavy atom. The number of fused-ring (bicyclic) bond motifs is 5. The zero-order valence-electron chi connectivity index (χ0n) is 22.8. The standard InChI is InChI=1S/C30H52O3/c1-25(2)13-9-14-30(8,33-25)19-10-16-29(7)24(19)20(31)18-22-27(5)15-12-23(32)26(3,4)21(27)11-17-28(22,29)6/h19-24,31-32H,9-18H2,1-8H3/t19-,20+,21-,22-,23-,24-,27-,28+,29+,30+/m0/s1. The van der Waals surface area contributed by atoms with Crippen LogP contribution >= 0.6 is 0 Å². The monoisotopic (exact) mass is 460 g/mol. The van der Waals surface area contributed by atoms with E-state index >= 15 is 0 Å². The van der Waals surface area contributed by atoms with Gasteiger partial charge in [-0.3, -0.25) is 0 Å². The molecule has 5 fully saturated rings. The van der Waals surface area contributed by atoms with Crippen LogP contribution < -0.4 is 0 Å². The first kappa shape index (κ1) is 24.6. The normalized spacial score (nSPS) is 57.6. The molecule has 0 bridgehead atoms. The highest BCUT2D eigenvalue weighted by atomic mass is 16.5. The zero-order valence-corrected chi connectivity index (χ0v) is 22.8. The number of ether oxygens (including phenoxy) is 1. The van der Waals surface area contributed by atoms with Crippen molar-refractivity contribution in [1.82, 2.24) is 0 Å². The summed E-state index contributed by atoms with van der Waals surface area (Å²) < 4.78 is 6.86. The van der Waals surface area contributed by atoms with E-state index in [-0.39, 0.29) is 45.1 Å². The second kappa shape index (κ2) is 7.22. The van der Waals surface area contributed by atoms with E-state index in [4.69, 9.17) is 4.74 Å². The number of aliphatic hydroxyl groups excluding tert-OH is 2. The molecule has 0 aromatic heterocycles. The van der Waals surface area contributed by atoms with Crippen LogP contribution in [0.5, 0.6) is 0 Å². The maximum Gasteiger partial charge on any atom is 0.0693 e. The first-order chi connectivity index (χ1) is 15.1. The summed E-state index contributed by atoms with van der Waals surface area (Å²) in [6, 6.07) is 0. The average Bonchev–Trinajstić information content (AvgIpc) is 3.07. The van der Waals surface area contributed by atoms with Crippen LogP contribution in [0, 0.1) is 45.3 Å². The molecule has 1 heterocycles. The Balaban J connectivity index is 1.51. The molecular formula is C30H52O3. The maximum absolute atomic E-state index is 11.9. The second-order valence-corrected chi connectivity index (χ2v) is 15.4. The van der Waals surface area contributed by atoms with Crippen LogP contribution in [0.15, 0.2) is 0 Å². The van der Waals surface area contributed by atoms with Crippen LogP contribution in [0.3, 0.4) is 0 Å². The number of rotatable bonds is 1. The third-order valence-corrected chi connectivity index (χ3v) is 13.1. The van der Waals surface area contributed by atoms with Crippen LogP contribution in [-0.4, -0.2) is 33.6 Å². The van der Waals surface area contributed by atoms with Gasteiger partial charge in [0.25, 0.3) is 0 Å². The van der Waals surface area contributed by atoms with Crippen molar-refractivity contribution in [1.29, 1.82) is 0 Å². The van der Waals surface area contributed by atoms with E-state index in [0.29, 0.717) is 23.7 Å². The average molecular weight is 461 g/mol. The van der Waals surface area contributed by atoms with Crippen molar-refractivity contribution in [3.63, 3.8) is 0 Å². The minimum Gasteiger partial charge on any atom is -0.393 e. The molecule has 5 aliphatic rings. The fourth-order valence-corrected chi connectivity index (χ4v) is 11.3. The smallest absolute Gasteiger partial charge is 0.0693 e. The molecule has 2 N–H and O–H groups in total. The molecule has 1 saturated heterocycles. The second-order valence-electron chi connectivity index (χ2n) is 15.4. The molecule has 10 atom stereocenters. The lowest BCUT2D eigenvalue weighted by Crippen LogP contribution is -2.66. The first-order valence-electron chi connectivity index (χ1n) is 14.2. The van der Waals surface area contributed by atoms with E-state index in [2.05, 4.69) is 55.4 Å². The van der Waals surface area contributed by atoms with Gasteiger partial charge in [0, 0.05) is 0 Å². The van der Waals surface area contributed by atoms with Crippen LogP contribution in [-0.2, 0) is 4.74 Å². The molecule has 0 unspecified atom stereocenters. The van der Waals surface area contributed by atoms with Gasteiger partial charge in [0.2, 0.25) is 0 Å². The van der Waals surface area contributed by atoms with E-state index in [1.165, 1.54) is 32.1 Å². The Morgan fingerprint density at radius 2 is 1.36 bits per heavy atom. The molecule has 3 heteroatoms. The lowest BCUT2D eigenvalue weighted by atomic mass is 9.35. The lowest BCUT2D eigenvalue weighted by Gasteiger charge is -2.70. The Kier molecular flexibility index (Phi) is 5.38. The summed E-state index contributed by atoms with van der Waals surface area (Å²) in [6.45, 7) is 19.2. The lowest BCUT2D eigenvalue weighted by molar-refractivity contribution is -0.257. The van der Waals surface area contributed by atoms with Gasteiger partial charge in [0.1, 0.15) is 0 Å². The quantitative estimate of drug-likeness (QED) is 0.455. The molecule has 5 rings (SSSR count). The highest BCUT2D eigenvalue weighted by molar-refractivity contribution is 5.20. The maximum atomic E-state index is 11.9. The summed E-state index contributed by atoms with van der Waals surface area (Å²) in [5.41, 5.74) is 0.392. The molecule has 0 aromatic rings. The molecule has 33 heavy (non-hydrogen) atoms. The topological polar surface area (TPSA) is 49.7 Å². The molecule has 190 valence electrons. The van der Waals surface area contributed by atoms with E-state index in [1.54, 1.807) is 0 Å². The van der Waals surface area contributed by atoms with Gasteiger partial charge in [-0.25, -0.2) is 0 Å². The summed E-state index contributed by atoms with van der Waals surface area (Å²) in [5.74, 6) is 1.85. The minimum absolute atomic E-state index is 0.0375. The van der Waals surface area contributed by atoms with Crippen molar-refractivity contribution < 1.29 is 14.9 Å². The SMILES string of the molecule is CC1(C)CCC[C@](C)([C@H]2CC[C@]3(C)[C@@H]2[C@H](O)C[C@H]2[C@@]4(C)CC[C@H](O)C(C)(C)[C@@H]4CC[C@]23C)O1. The van der Waals surface area contributed by atoms with Gasteiger partial charge in [-0.15, -0.1) is 0 Å². The molecule has 4 saturated carbocycles. The van der Waals surface area contributed by atoms with E-state index in [0.717, 1.165) is 32.1 Å². The zero-order chi connectivity index (χ0) is 24.2. The van der Waals surface area contributed by atoms with Crippen molar-refractivity contribution in [2.24, 2.45) is 45.3 Å². The number of aliphatic hydroxyl groups is 2. The van der Waals surface area contributed by atoms with Gasteiger partial charge in [-0.2, -0.15) is 0 Å². The Bertz CT molecular complexity index is 789. The van der Waals surface area contributed by atoms with Crippen LogP contribution in [0.1, 0.15) is 120 Å². The predicted octanol–water partition coefficient (Wildman–Crippen LogP) is 6.74. The van der Waals surface area contributed by atoms with Crippen molar-refractivity contribution in [3.8, 4) is 0 Å². The highest BCUT2D eigenvalue weighted by Crippen LogP contribution is 2.76. The number of hydrogen-bond acceptors (Lipinski definition) is 3. The summed E-state index contributed by atoms with van der Waals surface area (Å²) in [5, 5.41) is 22.8. The number of hydrogen-bond donors (Lipinski definition) is 2. The highest BCUT2D eigenvalue weighted by Gasteiger charge is 2.71. The van der Waals surface area contributed by atoms with Crippen LogP contribution in [0.25, 0.3) is 0 Å². The molecule has 0 spiro atoms. The summed E-state index contributed by atoms with van der Waals surface area (Å²) in [4.78, 5) is 0. The van der Waals surface area contributed by atoms with Crippen molar-refractivity contribution in [2.45, 2.75) is 143 Å². The fourth-order valence-electron chi connectivity index (χ4n) is 11.3. The molecule has 0 radical (unpaired) electrons. The van der Waals surface area contributed by atoms with Crippen molar-refractivity contribution in [2.75, 3.05) is 0 Å². The predicted molar refractivity (Wildman–Crippen MR) is 134 cm³/mol. The molecule has 4 aliphatic carbocycles. The van der Waals surface area contributed by atoms with E-state index < -0.39 is 0 Å². The van der Waals surface area contributed by atoms with Crippen molar-refractivity contribution in [3.05, 3.63) is 0 Å². The van der Waals surface area contributed by atoms with E-state index in [1.807, 2.05) is 0 Å². The van der Waals surface area contributed by atoms with Crippen LogP contribution in [0.4, 0.5) is 0 Å². The summed E-state index contributed by atoms with van der Waals surface area (Å²) in [6.07, 6.45) is 10.9. The van der Waals surface area contributed by atoms with Crippen molar-refractivity contribution >= 4 is 0 Å². The minimum atomic E-state index is -0.239. The van der Waals surface area contributed by atoms with Gasteiger partial charge < -0.3 is 14.9 Å². The Hall–Kier alpha value is -0.120.